The number of benzene rings is 2. The predicted octanol–water partition coefficient (Wildman–Crippen LogP) is 1.50. The molecule has 25 heavy (non-hydrogen) atoms. The lowest BCUT2D eigenvalue weighted by Crippen LogP contribution is -2.29. The van der Waals surface area contributed by atoms with Crippen LogP contribution in [0.25, 0.3) is 0 Å². The Morgan fingerprint density at radius 2 is 1.84 bits per heavy atom. The summed E-state index contributed by atoms with van der Waals surface area (Å²) in [4.78, 5) is 23.5. The van der Waals surface area contributed by atoms with E-state index in [1.165, 1.54) is 13.2 Å². The fourth-order valence-electron chi connectivity index (χ4n) is 2.19. The number of methoxy groups -OCH3 is 2. The van der Waals surface area contributed by atoms with E-state index < -0.39 is 5.91 Å². The molecular formula is C18H20N2O5. The zero-order valence-electron chi connectivity index (χ0n) is 14.1. The molecule has 0 fully saturated rings. The maximum atomic E-state index is 12.0. The first kappa shape index (κ1) is 18.1. The molecule has 0 spiro atoms. The average Bonchev–Trinajstić information content (AvgIpc) is 2.64. The Balaban J connectivity index is 1.97. The third-order valence-electron chi connectivity index (χ3n) is 3.44. The maximum absolute atomic E-state index is 12.0. The number of ether oxygens (including phenoxy) is 3. The van der Waals surface area contributed by atoms with Crippen molar-refractivity contribution in [2.45, 2.75) is 6.54 Å². The van der Waals surface area contributed by atoms with Gasteiger partial charge in [0, 0.05) is 6.54 Å². The van der Waals surface area contributed by atoms with Crippen LogP contribution in [0.2, 0.25) is 0 Å². The quantitative estimate of drug-likeness (QED) is 0.756. The van der Waals surface area contributed by atoms with E-state index in [0.717, 1.165) is 5.56 Å². The zero-order valence-corrected chi connectivity index (χ0v) is 14.1. The van der Waals surface area contributed by atoms with E-state index in [-0.39, 0.29) is 23.8 Å². The summed E-state index contributed by atoms with van der Waals surface area (Å²) in [5.74, 6) is 0.184. The Labute approximate surface area is 145 Å². The van der Waals surface area contributed by atoms with E-state index in [1.54, 1.807) is 19.2 Å². The molecule has 2 amide bonds. The van der Waals surface area contributed by atoms with Crippen molar-refractivity contribution < 1.29 is 23.8 Å². The standard InChI is InChI=1S/C18H20N2O5/c1-23-13-6-3-5-12(9-13)10-20-16(21)11-25-17-14(18(19)22)7-4-8-15(17)24-2/h3-9H,10-11H2,1-2H3,(H2,19,22)(H,20,21). The van der Waals surface area contributed by atoms with Gasteiger partial charge in [0.05, 0.1) is 19.8 Å². The van der Waals surface area contributed by atoms with E-state index >= 15 is 0 Å². The van der Waals surface area contributed by atoms with Crippen LogP contribution in [0.15, 0.2) is 42.5 Å². The van der Waals surface area contributed by atoms with Crippen LogP contribution in [0.5, 0.6) is 17.2 Å². The highest BCUT2D eigenvalue weighted by Crippen LogP contribution is 2.30. The third-order valence-corrected chi connectivity index (χ3v) is 3.44. The van der Waals surface area contributed by atoms with Crippen molar-refractivity contribution in [2.75, 3.05) is 20.8 Å². The summed E-state index contributed by atoms with van der Waals surface area (Å²) in [6, 6.07) is 12.1. The van der Waals surface area contributed by atoms with Crippen LogP contribution in [-0.2, 0) is 11.3 Å². The second kappa shape index (κ2) is 8.58. The fourth-order valence-corrected chi connectivity index (χ4v) is 2.19. The largest absolute Gasteiger partial charge is 0.497 e. The van der Waals surface area contributed by atoms with Gasteiger partial charge in [-0.3, -0.25) is 9.59 Å². The summed E-state index contributed by atoms with van der Waals surface area (Å²) in [6.07, 6.45) is 0. The minimum Gasteiger partial charge on any atom is -0.497 e. The Bertz CT molecular complexity index is 761. The lowest BCUT2D eigenvalue weighted by atomic mass is 10.2. The van der Waals surface area contributed by atoms with E-state index in [1.807, 2.05) is 24.3 Å². The smallest absolute Gasteiger partial charge is 0.258 e. The van der Waals surface area contributed by atoms with Gasteiger partial charge in [0.2, 0.25) is 0 Å². The number of nitrogens with two attached hydrogens (primary N) is 1. The number of rotatable bonds is 8. The second-order valence-electron chi connectivity index (χ2n) is 5.12. The van der Waals surface area contributed by atoms with Crippen LogP contribution in [0.4, 0.5) is 0 Å². The van der Waals surface area contributed by atoms with Crippen LogP contribution in [0.1, 0.15) is 15.9 Å². The first-order valence-corrected chi connectivity index (χ1v) is 7.54. The molecule has 0 aliphatic rings. The van der Waals surface area contributed by atoms with Gasteiger partial charge < -0.3 is 25.3 Å². The molecule has 0 unspecified atom stereocenters. The summed E-state index contributed by atoms with van der Waals surface area (Å²) in [5, 5.41) is 2.73. The van der Waals surface area contributed by atoms with Gasteiger partial charge >= 0.3 is 0 Å². The molecule has 3 N–H and O–H groups in total. The Kier molecular flexibility index (Phi) is 6.22. The van der Waals surface area contributed by atoms with Crippen molar-refractivity contribution in [3.8, 4) is 17.2 Å². The van der Waals surface area contributed by atoms with Gasteiger partial charge in [0.15, 0.2) is 18.1 Å². The van der Waals surface area contributed by atoms with Crippen molar-refractivity contribution in [3.63, 3.8) is 0 Å². The number of hydrogen-bond donors (Lipinski definition) is 2. The monoisotopic (exact) mass is 344 g/mol. The topological polar surface area (TPSA) is 99.9 Å². The van der Waals surface area contributed by atoms with Crippen LogP contribution >= 0.6 is 0 Å². The molecular weight excluding hydrogens is 324 g/mol. The van der Waals surface area contributed by atoms with Gasteiger partial charge in [-0.15, -0.1) is 0 Å². The number of para-hydroxylation sites is 1. The van der Waals surface area contributed by atoms with E-state index in [9.17, 15) is 9.59 Å². The van der Waals surface area contributed by atoms with Gasteiger partial charge in [-0.1, -0.05) is 18.2 Å². The van der Waals surface area contributed by atoms with Crippen molar-refractivity contribution in [1.29, 1.82) is 0 Å². The first-order valence-electron chi connectivity index (χ1n) is 7.54. The Morgan fingerprint density at radius 1 is 1.08 bits per heavy atom. The minimum atomic E-state index is -0.661. The first-order chi connectivity index (χ1) is 12.0. The molecule has 0 aliphatic carbocycles. The van der Waals surface area contributed by atoms with Crippen LogP contribution in [0, 0.1) is 0 Å². The molecule has 0 saturated heterocycles. The highest BCUT2D eigenvalue weighted by molar-refractivity contribution is 5.96. The van der Waals surface area contributed by atoms with Gasteiger partial charge in [-0.2, -0.15) is 0 Å². The third kappa shape index (κ3) is 4.87. The average molecular weight is 344 g/mol. The fraction of sp³-hybridized carbons (Fsp3) is 0.222. The summed E-state index contributed by atoms with van der Waals surface area (Å²) in [5.41, 5.74) is 6.36. The van der Waals surface area contributed by atoms with Gasteiger partial charge in [0.1, 0.15) is 5.75 Å². The number of nitrogens with one attached hydrogen (secondary N) is 1. The summed E-state index contributed by atoms with van der Waals surface area (Å²) in [7, 11) is 3.02. The molecule has 0 bridgehead atoms. The highest BCUT2D eigenvalue weighted by Gasteiger charge is 2.16. The van der Waals surface area contributed by atoms with Crippen LogP contribution in [0.3, 0.4) is 0 Å². The number of carbonyl (C=O) groups is 2. The molecule has 0 radical (unpaired) electrons. The van der Waals surface area contributed by atoms with E-state index in [2.05, 4.69) is 5.32 Å². The van der Waals surface area contributed by atoms with E-state index in [4.69, 9.17) is 19.9 Å². The van der Waals surface area contributed by atoms with Gasteiger partial charge in [-0.25, -0.2) is 0 Å². The molecule has 2 aromatic rings. The normalized spacial score (nSPS) is 10.0. The summed E-state index contributed by atoms with van der Waals surface area (Å²) >= 11 is 0. The number of primary amides is 1. The Hall–Kier alpha value is -3.22. The molecule has 0 atom stereocenters. The molecule has 2 aromatic carbocycles. The van der Waals surface area contributed by atoms with E-state index in [0.29, 0.717) is 18.0 Å². The molecule has 0 saturated carbocycles. The molecule has 7 heteroatoms. The molecule has 0 heterocycles. The lowest BCUT2D eigenvalue weighted by Gasteiger charge is -2.13. The highest BCUT2D eigenvalue weighted by atomic mass is 16.5. The second-order valence-corrected chi connectivity index (χ2v) is 5.12. The number of hydrogen-bond acceptors (Lipinski definition) is 5. The summed E-state index contributed by atoms with van der Waals surface area (Å²) in [6.45, 7) is 0.0542. The van der Waals surface area contributed by atoms with Crippen molar-refractivity contribution >= 4 is 11.8 Å². The molecule has 7 nitrogen and oxygen atoms in total. The Morgan fingerprint density at radius 3 is 2.52 bits per heavy atom. The van der Waals surface area contributed by atoms with Crippen molar-refractivity contribution in [1.82, 2.24) is 5.32 Å². The SMILES string of the molecule is COc1cccc(CNC(=O)COc2c(OC)cccc2C(N)=O)c1. The maximum Gasteiger partial charge on any atom is 0.258 e. The van der Waals surface area contributed by atoms with Crippen molar-refractivity contribution in [3.05, 3.63) is 53.6 Å². The van der Waals surface area contributed by atoms with Crippen LogP contribution in [-0.4, -0.2) is 32.6 Å². The molecule has 2 rings (SSSR count). The summed E-state index contributed by atoms with van der Waals surface area (Å²) < 4.78 is 15.7. The molecule has 0 aromatic heterocycles. The molecule has 0 aliphatic heterocycles. The number of amides is 2. The van der Waals surface area contributed by atoms with Gasteiger partial charge in [0.25, 0.3) is 11.8 Å². The molecule has 132 valence electrons. The number of carbonyl (C=O) groups excluding carboxylic acids is 2. The van der Waals surface area contributed by atoms with Crippen molar-refractivity contribution in [2.24, 2.45) is 5.73 Å². The zero-order chi connectivity index (χ0) is 18.2. The van der Waals surface area contributed by atoms with Gasteiger partial charge in [-0.05, 0) is 29.8 Å². The predicted molar refractivity (Wildman–Crippen MR) is 91.8 cm³/mol. The van der Waals surface area contributed by atoms with Crippen LogP contribution < -0.4 is 25.3 Å². The minimum absolute atomic E-state index is 0.147. The lowest BCUT2D eigenvalue weighted by molar-refractivity contribution is -0.123.